The fourth-order valence-electron chi connectivity index (χ4n) is 2.75. The van der Waals surface area contributed by atoms with Crippen LogP contribution in [0.25, 0.3) is 0 Å². The smallest absolute Gasteiger partial charge is 0.269 e. The van der Waals surface area contributed by atoms with Crippen LogP contribution in [0.1, 0.15) is 34.2 Å². The lowest BCUT2D eigenvalue weighted by atomic mass is 10.0. The van der Waals surface area contributed by atoms with Crippen LogP contribution in [0.2, 0.25) is 0 Å². The molecule has 0 radical (unpaired) electrons. The van der Waals surface area contributed by atoms with Crippen molar-refractivity contribution in [3.63, 3.8) is 0 Å². The zero-order valence-electron chi connectivity index (χ0n) is 12.3. The average molecular weight is 285 g/mol. The highest BCUT2D eigenvalue weighted by Crippen LogP contribution is 2.21. The molecule has 2 aromatic rings. The Kier molecular flexibility index (Phi) is 3.64. The molecule has 0 saturated carbocycles. The number of methoxy groups -OCH3 is 1. The maximum Gasteiger partial charge on any atom is 0.269 e. The monoisotopic (exact) mass is 285 g/mol. The van der Waals surface area contributed by atoms with Gasteiger partial charge in [-0.05, 0) is 30.5 Å². The Morgan fingerprint density at radius 1 is 1.33 bits per heavy atom. The van der Waals surface area contributed by atoms with Crippen molar-refractivity contribution in [1.82, 2.24) is 15.1 Å². The zero-order chi connectivity index (χ0) is 14.8. The number of carbonyl (C=O) groups excluding carboxylic acids is 1. The van der Waals surface area contributed by atoms with Crippen molar-refractivity contribution in [2.45, 2.75) is 26.3 Å². The van der Waals surface area contributed by atoms with E-state index in [1.54, 1.807) is 7.11 Å². The van der Waals surface area contributed by atoms with E-state index in [-0.39, 0.29) is 5.91 Å². The number of aryl methyl sites for hydroxylation is 1. The second-order valence-corrected chi connectivity index (χ2v) is 5.14. The summed E-state index contributed by atoms with van der Waals surface area (Å²) >= 11 is 0. The highest BCUT2D eigenvalue weighted by atomic mass is 16.5. The van der Waals surface area contributed by atoms with Crippen LogP contribution >= 0.6 is 0 Å². The normalized spacial score (nSPS) is 13.7. The molecule has 0 aliphatic carbocycles. The standard InChI is InChI=1S/C16H19N3O2/c1-3-14-13-8-9-17-16(20)15(13)19(18-14)10-11-4-6-12(21-2)7-5-11/h4-7H,3,8-10H2,1-2H3,(H,17,20). The maximum atomic E-state index is 12.1. The minimum absolute atomic E-state index is 0.0167. The quantitative estimate of drug-likeness (QED) is 0.931. The highest BCUT2D eigenvalue weighted by molar-refractivity contribution is 5.95. The van der Waals surface area contributed by atoms with Gasteiger partial charge in [-0.2, -0.15) is 5.10 Å². The fraction of sp³-hybridized carbons (Fsp3) is 0.375. The molecule has 1 aliphatic heterocycles. The molecule has 1 amide bonds. The van der Waals surface area contributed by atoms with E-state index in [1.165, 1.54) is 0 Å². The minimum Gasteiger partial charge on any atom is -0.497 e. The first-order valence-electron chi connectivity index (χ1n) is 7.22. The van der Waals surface area contributed by atoms with Crippen LogP contribution in [0.3, 0.4) is 0 Å². The number of nitrogens with zero attached hydrogens (tertiary/aromatic N) is 2. The van der Waals surface area contributed by atoms with Crippen LogP contribution in [0.5, 0.6) is 5.75 Å². The molecule has 3 rings (SSSR count). The molecule has 1 aromatic carbocycles. The molecule has 5 heteroatoms. The lowest BCUT2D eigenvalue weighted by Gasteiger charge is -2.15. The van der Waals surface area contributed by atoms with E-state index < -0.39 is 0 Å². The summed E-state index contributed by atoms with van der Waals surface area (Å²) in [6.45, 7) is 3.37. The molecule has 0 atom stereocenters. The average Bonchev–Trinajstić information content (AvgIpc) is 2.87. The Morgan fingerprint density at radius 2 is 2.10 bits per heavy atom. The summed E-state index contributed by atoms with van der Waals surface area (Å²) in [7, 11) is 1.65. The summed E-state index contributed by atoms with van der Waals surface area (Å²) in [6.07, 6.45) is 1.72. The molecule has 1 N–H and O–H groups in total. The van der Waals surface area contributed by atoms with Gasteiger partial charge in [0.1, 0.15) is 11.4 Å². The summed E-state index contributed by atoms with van der Waals surface area (Å²) < 4.78 is 6.99. The second-order valence-electron chi connectivity index (χ2n) is 5.14. The van der Waals surface area contributed by atoms with Gasteiger partial charge in [-0.15, -0.1) is 0 Å². The number of carbonyl (C=O) groups is 1. The van der Waals surface area contributed by atoms with Crippen molar-refractivity contribution in [3.8, 4) is 5.75 Å². The first-order valence-corrected chi connectivity index (χ1v) is 7.22. The van der Waals surface area contributed by atoms with Gasteiger partial charge in [0.05, 0.1) is 19.3 Å². The number of benzene rings is 1. The Hall–Kier alpha value is -2.30. The molecule has 110 valence electrons. The van der Waals surface area contributed by atoms with Crippen molar-refractivity contribution in [1.29, 1.82) is 0 Å². The predicted molar refractivity (Wildman–Crippen MR) is 79.7 cm³/mol. The minimum atomic E-state index is -0.0167. The number of ether oxygens (including phenoxy) is 1. The van der Waals surface area contributed by atoms with Crippen LogP contribution in [0.4, 0.5) is 0 Å². The van der Waals surface area contributed by atoms with Crippen molar-refractivity contribution < 1.29 is 9.53 Å². The Morgan fingerprint density at radius 3 is 2.76 bits per heavy atom. The van der Waals surface area contributed by atoms with Crippen LogP contribution < -0.4 is 10.1 Å². The Balaban J connectivity index is 1.94. The topological polar surface area (TPSA) is 56.1 Å². The molecule has 1 aromatic heterocycles. The summed E-state index contributed by atoms with van der Waals surface area (Å²) in [5.74, 6) is 0.810. The van der Waals surface area contributed by atoms with Gasteiger partial charge in [0.2, 0.25) is 0 Å². The number of rotatable bonds is 4. The summed E-state index contributed by atoms with van der Waals surface area (Å²) in [5, 5.41) is 7.52. The molecule has 2 heterocycles. The first kappa shape index (κ1) is 13.7. The van der Waals surface area contributed by atoms with Gasteiger partial charge >= 0.3 is 0 Å². The predicted octanol–water partition coefficient (Wildman–Crippen LogP) is 1.79. The number of nitrogens with one attached hydrogen (secondary N) is 1. The third-order valence-electron chi connectivity index (χ3n) is 3.84. The van der Waals surface area contributed by atoms with E-state index >= 15 is 0 Å². The lowest BCUT2D eigenvalue weighted by Crippen LogP contribution is -2.33. The lowest BCUT2D eigenvalue weighted by molar-refractivity contribution is 0.0935. The zero-order valence-corrected chi connectivity index (χ0v) is 12.3. The van der Waals surface area contributed by atoms with E-state index in [2.05, 4.69) is 17.3 Å². The van der Waals surface area contributed by atoms with Crippen LogP contribution in [-0.4, -0.2) is 29.3 Å². The fourth-order valence-corrected chi connectivity index (χ4v) is 2.75. The van der Waals surface area contributed by atoms with Crippen LogP contribution in [0.15, 0.2) is 24.3 Å². The maximum absolute atomic E-state index is 12.1. The molecule has 1 aliphatic rings. The molecule has 0 saturated heterocycles. The van der Waals surface area contributed by atoms with E-state index in [4.69, 9.17) is 4.74 Å². The number of hydrogen-bond acceptors (Lipinski definition) is 3. The second kappa shape index (κ2) is 5.60. The number of fused-ring (bicyclic) bond motifs is 1. The van der Waals surface area contributed by atoms with Gasteiger partial charge in [0, 0.05) is 12.1 Å². The summed E-state index contributed by atoms with van der Waals surface area (Å²) in [5.41, 5.74) is 3.96. The van der Waals surface area contributed by atoms with Gasteiger partial charge in [-0.3, -0.25) is 9.48 Å². The van der Waals surface area contributed by atoms with Gasteiger partial charge in [-0.25, -0.2) is 0 Å². The number of hydrogen-bond donors (Lipinski definition) is 1. The number of amides is 1. The number of aromatic nitrogens is 2. The van der Waals surface area contributed by atoms with E-state index in [0.717, 1.165) is 35.4 Å². The molecule has 5 nitrogen and oxygen atoms in total. The molecule has 21 heavy (non-hydrogen) atoms. The first-order chi connectivity index (χ1) is 10.2. The van der Waals surface area contributed by atoms with Gasteiger partial charge < -0.3 is 10.1 Å². The van der Waals surface area contributed by atoms with E-state index in [9.17, 15) is 4.79 Å². The molecule has 0 fully saturated rings. The molecular weight excluding hydrogens is 266 g/mol. The van der Waals surface area contributed by atoms with Gasteiger partial charge in [0.15, 0.2) is 0 Å². The van der Waals surface area contributed by atoms with Crippen molar-refractivity contribution in [3.05, 3.63) is 46.8 Å². The molecular formula is C16H19N3O2. The molecule has 0 bridgehead atoms. The van der Waals surface area contributed by atoms with E-state index in [0.29, 0.717) is 18.8 Å². The largest absolute Gasteiger partial charge is 0.497 e. The van der Waals surface area contributed by atoms with Crippen molar-refractivity contribution in [2.75, 3.05) is 13.7 Å². The van der Waals surface area contributed by atoms with Crippen LogP contribution in [0, 0.1) is 0 Å². The third kappa shape index (κ3) is 2.51. The Labute approximate surface area is 123 Å². The third-order valence-corrected chi connectivity index (χ3v) is 3.84. The SMILES string of the molecule is CCc1nn(Cc2ccc(OC)cc2)c2c1CCNC2=O. The summed E-state index contributed by atoms with van der Waals surface area (Å²) in [6, 6.07) is 7.84. The van der Waals surface area contributed by atoms with Gasteiger partial charge in [0.25, 0.3) is 5.91 Å². The van der Waals surface area contributed by atoms with Crippen molar-refractivity contribution in [2.24, 2.45) is 0 Å². The molecule has 0 spiro atoms. The highest BCUT2D eigenvalue weighted by Gasteiger charge is 2.25. The van der Waals surface area contributed by atoms with Crippen LogP contribution in [-0.2, 0) is 19.4 Å². The molecule has 0 unspecified atom stereocenters. The Bertz CT molecular complexity index is 659. The van der Waals surface area contributed by atoms with Crippen molar-refractivity contribution >= 4 is 5.91 Å². The van der Waals surface area contributed by atoms with Gasteiger partial charge in [-0.1, -0.05) is 19.1 Å². The van der Waals surface area contributed by atoms with E-state index in [1.807, 2.05) is 28.9 Å². The summed E-state index contributed by atoms with van der Waals surface area (Å²) in [4.78, 5) is 12.1.